The molecule has 3 nitrogen and oxygen atoms in total. The van der Waals surface area contributed by atoms with Gasteiger partial charge in [0.05, 0.1) is 5.92 Å². The van der Waals surface area contributed by atoms with Crippen LogP contribution in [0.25, 0.3) is 0 Å². The summed E-state index contributed by atoms with van der Waals surface area (Å²) in [6.07, 6.45) is 5.04. The van der Waals surface area contributed by atoms with E-state index in [-0.39, 0.29) is 17.7 Å². The number of halogens is 1. The van der Waals surface area contributed by atoms with Crippen molar-refractivity contribution in [2.24, 2.45) is 23.7 Å². The number of hydrogen-bond donors (Lipinski definition) is 0. The van der Waals surface area contributed by atoms with Gasteiger partial charge in [-0.05, 0) is 74.7 Å². The van der Waals surface area contributed by atoms with Gasteiger partial charge in [-0.1, -0.05) is 20.3 Å². The van der Waals surface area contributed by atoms with Crippen molar-refractivity contribution in [3.63, 3.8) is 0 Å². The average Bonchev–Trinajstić information content (AvgIpc) is 2.91. The molecule has 0 aliphatic heterocycles. The molecule has 0 amide bonds. The van der Waals surface area contributed by atoms with E-state index < -0.39 is 0 Å². The number of ether oxygens (including phenoxy) is 1. The third-order valence-electron chi connectivity index (χ3n) is 5.88. The molecule has 0 radical (unpaired) electrons. The number of nitrogens with zero attached hydrogens (tertiary/aromatic N) is 1. The van der Waals surface area contributed by atoms with Crippen LogP contribution in [0.2, 0.25) is 0 Å². The molecular weight excluding hydrogens is 317 g/mol. The molecule has 2 fully saturated rings. The summed E-state index contributed by atoms with van der Waals surface area (Å²) in [6, 6.07) is 4.86. The van der Waals surface area contributed by atoms with E-state index in [1.807, 2.05) is 6.07 Å². The van der Waals surface area contributed by atoms with E-state index in [1.54, 1.807) is 19.9 Å². The molecule has 2 saturated carbocycles. The largest absolute Gasteiger partial charge is 0.426 e. The van der Waals surface area contributed by atoms with E-state index >= 15 is 0 Å². The second-order valence-electron chi connectivity index (χ2n) is 8.50. The molecule has 2 aliphatic rings. The fraction of sp³-hybridized carbons (Fsp3) is 0.667. The van der Waals surface area contributed by atoms with E-state index in [2.05, 4.69) is 19.0 Å². The first-order valence-corrected chi connectivity index (χ1v) is 9.50. The van der Waals surface area contributed by atoms with Crippen molar-refractivity contribution >= 4 is 5.97 Å². The lowest BCUT2D eigenvalue weighted by molar-refractivity contribution is -0.137. The summed E-state index contributed by atoms with van der Waals surface area (Å²) < 4.78 is 19.6. The second kappa shape index (κ2) is 7.45. The third kappa shape index (κ3) is 4.22. The van der Waals surface area contributed by atoms with Gasteiger partial charge < -0.3 is 9.64 Å². The topological polar surface area (TPSA) is 29.5 Å². The first-order valence-electron chi connectivity index (χ1n) is 9.50. The van der Waals surface area contributed by atoms with Crippen LogP contribution in [0, 0.1) is 29.5 Å². The van der Waals surface area contributed by atoms with Crippen LogP contribution in [0.1, 0.15) is 51.0 Å². The van der Waals surface area contributed by atoms with Crippen molar-refractivity contribution in [1.29, 1.82) is 0 Å². The van der Waals surface area contributed by atoms with Gasteiger partial charge in [0.25, 0.3) is 0 Å². The average molecular weight is 347 g/mol. The predicted molar refractivity (Wildman–Crippen MR) is 97.1 cm³/mol. The number of carbonyl (C=O) groups excluding carboxylic acids is 1. The zero-order valence-corrected chi connectivity index (χ0v) is 15.8. The minimum absolute atomic E-state index is 0.223. The van der Waals surface area contributed by atoms with Gasteiger partial charge in [0, 0.05) is 12.6 Å². The van der Waals surface area contributed by atoms with Crippen molar-refractivity contribution in [3.05, 3.63) is 29.6 Å². The van der Waals surface area contributed by atoms with E-state index in [0.29, 0.717) is 17.6 Å². The van der Waals surface area contributed by atoms with Crippen molar-refractivity contribution in [1.82, 2.24) is 4.90 Å². The Kier molecular flexibility index (Phi) is 5.47. The van der Waals surface area contributed by atoms with Crippen LogP contribution in [0.3, 0.4) is 0 Å². The highest BCUT2D eigenvalue weighted by atomic mass is 19.1. The maximum Gasteiger partial charge on any atom is 0.313 e. The van der Waals surface area contributed by atoms with Gasteiger partial charge in [0.15, 0.2) is 0 Å². The minimum Gasteiger partial charge on any atom is -0.426 e. The quantitative estimate of drug-likeness (QED) is 0.581. The summed E-state index contributed by atoms with van der Waals surface area (Å²) in [6.45, 7) is 4.60. The van der Waals surface area contributed by atoms with E-state index in [1.165, 1.54) is 25.3 Å². The molecule has 0 saturated heterocycles. The summed E-state index contributed by atoms with van der Waals surface area (Å²) in [7, 11) is 4.22. The van der Waals surface area contributed by atoms with Crippen LogP contribution in [-0.4, -0.2) is 31.5 Å². The molecule has 4 atom stereocenters. The normalized spacial score (nSPS) is 28.6. The Morgan fingerprint density at radius 1 is 1.24 bits per heavy atom. The summed E-state index contributed by atoms with van der Waals surface area (Å²) in [5.74, 6) is 1.88. The molecule has 0 N–H and O–H groups in total. The molecule has 0 aromatic heterocycles. The van der Waals surface area contributed by atoms with Gasteiger partial charge in [-0.15, -0.1) is 0 Å². The molecule has 1 aromatic carbocycles. The summed E-state index contributed by atoms with van der Waals surface area (Å²) in [4.78, 5) is 14.1. The number of rotatable bonds is 5. The number of fused-ring (bicyclic) bond motifs is 2. The zero-order chi connectivity index (χ0) is 18.1. The molecule has 25 heavy (non-hydrogen) atoms. The Labute approximate surface area is 150 Å². The highest BCUT2D eigenvalue weighted by Crippen LogP contribution is 2.52. The predicted octanol–water partition coefficient (Wildman–Crippen LogP) is 4.47. The number of esters is 1. The first kappa shape index (κ1) is 18.4. The third-order valence-corrected chi connectivity index (χ3v) is 5.88. The lowest BCUT2D eigenvalue weighted by Gasteiger charge is -2.38. The first-order chi connectivity index (χ1) is 11.8. The van der Waals surface area contributed by atoms with Crippen molar-refractivity contribution in [3.8, 4) is 5.75 Å². The van der Waals surface area contributed by atoms with Gasteiger partial charge in [0.2, 0.25) is 0 Å². The SMILES string of the molecule is CC(C)C(=O)Oc1cc(F)cc(C2C[C@@H]3CC[C@@H](C3)[C@@H]2CN(C)C)c1. The van der Waals surface area contributed by atoms with Gasteiger partial charge in [0.1, 0.15) is 11.6 Å². The van der Waals surface area contributed by atoms with E-state index in [0.717, 1.165) is 30.4 Å². The molecule has 4 heteroatoms. The fourth-order valence-electron chi connectivity index (χ4n) is 4.75. The maximum absolute atomic E-state index is 14.2. The van der Waals surface area contributed by atoms with E-state index in [9.17, 15) is 9.18 Å². The van der Waals surface area contributed by atoms with Gasteiger partial charge >= 0.3 is 5.97 Å². The Balaban J connectivity index is 1.88. The highest BCUT2D eigenvalue weighted by Gasteiger charge is 2.42. The van der Waals surface area contributed by atoms with Crippen molar-refractivity contribution < 1.29 is 13.9 Å². The molecule has 1 aromatic rings. The number of benzene rings is 1. The van der Waals surface area contributed by atoms with Crippen LogP contribution >= 0.6 is 0 Å². The van der Waals surface area contributed by atoms with Crippen LogP contribution < -0.4 is 4.74 Å². The Hall–Kier alpha value is -1.42. The lowest BCUT2D eigenvalue weighted by Crippen LogP contribution is -2.34. The Bertz CT molecular complexity index is 628. The van der Waals surface area contributed by atoms with Gasteiger partial charge in [-0.3, -0.25) is 4.79 Å². The summed E-state index contributed by atoms with van der Waals surface area (Å²) in [5.41, 5.74) is 0.995. The second-order valence-corrected chi connectivity index (χ2v) is 8.50. The maximum atomic E-state index is 14.2. The number of hydrogen-bond acceptors (Lipinski definition) is 3. The summed E-state index contributed by atoms with van der Waals surface area (Å²) >= 11 is 0. The molecule has 3 rings (SSSR count). The smallest absolute Gasteiger partial charge is 0.313 e. The van der Waals surface area contributed by atoms with Crippen LogP contribution in [0.4, 0.5) is 4.39 Å². The van der Waals surface area contributed by atoms with Crippen LogP contribution in [0.5, 0.6) is 5.75 Å². The molecule has 1 unspecified atom stereocenters. The van der Waals surface area contributed by atoms with E-state index in [4.69, 9.17) is 4.74 Å². The highest BCUT2D eigenvalue weighted by molar-refractivity contribution is 5.74. The standard InChI is InChI=1S/C21H30FNO2/c1-13(2)21(24)25-18-10-16(9-17(22)11-18)19-8-14-5-6-15(7-14)20(19)12-23(3)4/h9-11,13-15,19-20H,5-8,12H2,1-4H3/t14-,15+,19?,20+/m1/s1. The van der Waals surface area contributed by atoms with Gasteiger partial charge in [-0.25, -0.2) is 4.39 Å². The molecule has 2 bridgehead atoms. The van der Waals surface area contributed by atoms with Crippen molar-refractivity contribution in [2.75, 3.05) is 20.6 Å². The minimum atomic E-state index is -0.315. The van der Waals surface area contributed by atoms with Crippen LogP contribution in [0.15, 0.2) is 18.2 Å². The lowest BCUT2D eigenvalue weighted by atomic mass is 9.69. The monoisotopic (exact) mass is 347 g/mol. The molecule has 138 valence electrons. The molecule has 0 heterocycles. The molecule has 0 spiro atoms. The number of carbonyl (C=O) groups is 1. The summed E-state index contributed by atoms with van der Waals surface area (Å²) in [5, 5.41) is 0. The zero-order valence-electron chi connectivity index (χ0n) is 15.8. The molecule has 2 aliphatic carbocycles. The Morgan fingerprint density at radius 3 is 2.68 bits per heavy atom. The fourth-order valence-corrected chi connectivity index (χ4v) is 4.75. The van der Waals surface area contributed by atoms with Gasteiger partial charge in [-0.2, -0.15) is 0 Å². The van der Waals surface area contributed by atoms with Crippen molar-refractivity contribution in [2.45, 2.75) is 45.4 Å². The van der Waals surface area contributed by atoms with Crippen LogP contribution in [-0.2, 0) is 4.79 Å². The molecular formula is C21H30FNO2. The Morgan fingerprint density at radius 2 is 2.00 bits per heavy atom.